The second-order valence-corrected chi connectivity index (χ2v) is 5.68. The van der Waals surface area contributed by atoms with Crippen molar-refractivity contribution >= 4 is 0 Å². The van der Waals surface area contributed by atoms with Crippen LogP contribution in [0, 0.1) is 0 Å². The Morgan fingerprint density at radius 1 is 1.43 bits per heavy atom. The SMILES string of the molecule is CC(N[C@H]1C[C@@H](O)[C@@H]1n1cccn1)c1cccc(CO)c1. The van der Waals surface area contributed by atoms with E-state index in [2.05, 4.69) is 23.4 Å². The maximum atomic E-state index is 9.98. The van der Waals surface area contributed by atoms with Gasteiger partial charge >= 0.3 is 0 Å². The van der Waals surface area contributed by atoms with Gasteiger partial charge in [0.15, 0.2) is 0 Å². The molecule has 4 atom stereocenters. The molecule has 0 aliphatic heterocycles. The molecular formula is C16H21N3O2. The molecule has 1 unspecified atom stereocenters. The van der Waals surface area contributed by atoms with Crippen molar-refractivity contribution in [3.8, 4) is 0 Å². The summed E-state index contributed by atoms with van der Waals surface area (Å²) >= 11 is 0. The first-order chi connectivity index (χ1) is 10.2. The Hall–Kier alpha value is -1.69. The molecule has 3 rings (SSSR count). The predicted octanol–water partition coefficient (Wildman–Crippen LogP) is 1.40. The van der Waals surface area contributed by atoms with Crippen LogP contribution in [-0.2, 0) is 6.61 Å². The highest BCUT2D eigenvalue weighted by atomic mass is 16.3. The fourth-order valence-electron chi connectivity index (χ4n) is 2.97. The number of hydrogen-bond acceptors (Lipinski definition) is 4. The minimum absolute atomic E-state index is 0.0107. The first-order valence-electron chi connectivity index (χ1n) is 7.32. The van der Waals surface area contributed by atoms with Crippen LogP contribution in [0.1, 0.15) is 36.6 Å². The number of aromatic nitrogens is 2. The highest BCUT2D eigenvalue weighted by Gasteiger charge is 2.42. The Labute approximate surface area is 124 Å². The molecule has 1 aromatic carbocycles. The van der Waals surface area contributed by atoms with Gasteiger partial charge in [-0.25, -0.2) is 0 Å². The minimum Gasteiger partial charge on any atom is -0.392 e. The largest absolute Gasteiger partial charge is 0.392 e. The summed E-state index contributed by atoms with van der Waals surface area (Å²) in [4.78, 5) is 0. The lowest BCUT2D eigenvalue weighted by molar-refractivity contribution is -0.0110. The van der Waals surface area contributed by atoms with Crippen molar-refractivity contribution in [3.63, 3.8) is 0 Å². The van der Waals surface area contributed by atoms with Crippen molar-refractivity contribution in [2.75, 3.05) is 0 Å². The Kier molecular flexibility index (Phi) is 4.05. The molecule has 0 spiro atoms. The Balaban J connectivity index is 1.68. The molecule has 0 amide bonds. The molecule has 0 bridgehead atoms. The summed E-state index contributed by atoms with van der Waals surface area (Å²) in [6.07, 6.45) is 4.00. The summed E-state index contributed by atoms with van der Waals surface area (Å²) in [6.45, 7) is 2.15. The first-order valence-corrected chi connectivity index (χ1v) is 7.32. The third-order valence-electron chi connectivity index (χ3n) is 4.23. The zero-order valence-electron chi connectivity index (χ0n) is 12.1. The molecule has 5 heteroatoms. The molecule has 1 aliphatic rings. The lowest BCUT2D eigenvalue weighted by Crippen LogP contribution is -2.55. The highest BCUT2D eigenvalue weighted by molar-refractivity contribution is 5.25. The maximum absolute atomic E-state index is 9.98. The number of rotatable bonds is 5. The smallest absolute Gasteiger partial charge is 0.0932 e. The second-order valence-electron chi connectivity index (χ2n) is 5.68. The highest BCUT2D eigenvalue weighted by Crippen LogP contribution is 2.34. The van der Waals surface area contributed by atoms with E-state index in [1.54, 1.807) is 6.20 Å². The van der Waals surface area contributed by atoms with Gasteiger partial charge in [-0.05, 0) is 30.5 Å². The minimum atomic E-state index is -0.349. The van der Waals surface area contributed by atoms with Crippen molar-refractivity contribution in [2.45, 2.75) is 44.2 Å². The number of benzene rings is 1. The van der Waals surface area contributed by atoms with E-state index < -0.39 is 0 Å². The summed E-state index contributed by atoms with van der Waals surface area (Å²) in [5.41, 5.74) is 2.06. The number of aliphatic hydroxyl groups excluding tert-OH is 2. The van der Waals surface area contributed by atoms with Gasteiger partial charge < -0.3 is 15.5 Å². The summed E-state index contributed by atoms with van der Waals surface area (Å²) in [6, 6.07) is 10.2. The molecule has 1 fully saturated rings. The number of nitrogens with one attached hydrogen (secondary N) is 1. The Morgan fingerprint density at radius 3 is 2.95 bits per heavy atom. The predicted molar refractivity (Wildman–Crippen MR) is 79.6 cm³/mol. The van der Waals surface area contributed by atoms with Gasteiger partial charge in [-0.15, -0.1) is 0 Å². The molecule has 21 heavy (non-hydrogen) atoms. The van der Waals surface area contributed by atoms with E-state index in [0.29, 0.717) is 0 Å². The maximum Gasteiger partial charge on any atom is 0.0932 e. The fraction of sp³-hybridized carbons (Fsp3) is 0.438. The molecule has 0 saturated heterocycles. The molecule has 3 N–H and O–H groups in total. The molecule has 1 heterocycles. The van der Waals surface area contributed by atoms with E-state index in [4.69, 9.17) is 0 Å². The van der Waals surface area contributed by atoms with Crippen LogP contribution >= 0.6 is 0 Å². The number of aliphatic hydroxyl groups is 2. The van der Waals surface area contributed by atoms with Gasteiger partial charge in [0.1, 0.15) is 0 Å². The van der Waals surface area contributed by atoms with Gasteiger partial charge in [-0.2, -0.15) is 5.10 Å². The first kappa shape index (κ1) is 14.3. The van der Waals surface area contributed by atoms with Crippen molar-refractivity contribution in [1.29, 1.82) is 0 Å². The standard InChI is InChI=1S/C16H21N3O2/c1-11(13-5-2-4-12(8-13)10-20)18-14-9-15(21)16(14)19-7-3-6-17-19/h2-8,11,14-16,18,20-21H,9-10H2,1H3/t11?,14-,15+,16+/m0/s1. The van der Waals surface area contributed by atoms with Crippen LogP contribution in [0.4, 0.5) is 0 Å². The zero-order valence-corrected chi connectivity index (χ0v) is 12.1. The molecular weight excluding hydrogens is 266 g/mol. The van der Waals surface area contributed by atoms with Crippen LogP contribution < -0.4 is 5.32 Å². The van der Waals surface area contributed by atoms with Crippen LogP contribution in [0.3, 0.4) is 0 Å². The van der Waals surface area contributed by atoms with Crippen molar-refractivity contribution in [1.82, 2.24) is 15.1 Å². The Morgan fingerprint density at radius 2 is 2.29 bits per heavy atom. The van der Waals surface area contributed by atoms with Crippen LogP contribution in [-0.4, -0.2) is 32.1 Å². The van der Waals surface area contributed by atoms with Gasteiger partial charge in [0.05, 0.1) is 18.8 Å². The average molecular weight is 287 g/mol. The topological polar surface area (TPSA) is 70.3 Å². The second kappa shape index (κ2) is 5.97. The quantitative estimate of drug-likeness (QED) is 0.777. The van der Waals surface area contributed by atoms with Gasteiger partial charge in [-0.1, -0.05) is 24.3 Å². The summed E-state index contributed by atoms with van der Waals surface area (Å²) < 4.78 is 1.82. The van der Waals surface area contributed by atoms with Gasteiger partial charge in [0.25, 0.3) is 0 Å². The molecule has 112 valence electrons. The van der Waals surface area contributed by atoms with E-state index in [0.717, 1.165) is 17.5 Å². The van der Waals surface area contributed by atoms with Gasteiger partial charge in [0, 0.05) is 24.5 Å². The molecule has 1 saturated carbocycles. The molecule has 0 radical (unpaired) electrons. The van der Waals surface area contributed by atoms with E-state index in [9.17, 15) is 10.2 Å². The monoisotopic (exact) mass is 287 g/mol. The van der Waals surface area contributed by atoms with Crippen LogP contribution in [0.25, 0.3) is 0 Å². The Bertz CT molecular complexity index is 585. The van der Waals surface area contributed by atoms with Crippen molar-refractivity contribution < 1.29 is 10.2 Å². The lowest BCUT2D eigenvalue weighted by Gasteiger charge is -2.43. The third-order valence-corrected chi connectivity index (χ3v) is 4.23. The normalized spacial score (nSPS) is 26.3. The third kappa shape index (κ3) is 2.85. The fourth-order valence-corrected chi connectivity index (χ4v) is 2.97. The number of nitrogens with zero attached hydrogens (tertiary/aromatic N) is 2. The summed E-state index contributed by atoms with van der Waals surface area (Å²) in [5.74, 6) is 0. The summed E-state index contributed by atoms with van der Waals surface area (Å²) in [5, 5.41) is 27.0. The number of hydrogen-bond donors (Lipinski definition) is 3. The van der Waals surface area contributed by atoms with Crippen LogP contribution in [0.15, 0.2) is 42.7 Å². The van der Waals surface area contributed by atoms with Crippen LogP contribution in [0.5, 0.6) is 0 Å². The van der Waals surface area contributed by atoms with E-state index >= 15 is 0 Å². The van der Waals surface area contributed by atoms with Crippen molar-refractivity contribution in [2.24, 2.45) is 0 Å². The van der Waals surface area contributed by atoms with Crippen molar-refractivity contribution in [3.05, 3.63) is 53.9 Å². The zero-order chi connectivity index (χ0) is 14.8. The summed E-state index contributed by atoms with van der Waals surface area (Å²) in [7, 11) is 0. The van der Waals surface area contributed by atoms with E-state index in [1.165, 1.54) is 0 Å². The molecule has 5 nitrogen and oxygen atoms in total. The van der Waals surface area contributed by atoms with E-state index in [-0.39, 0.29) is 30.8 Å². The van der Waals surface area contributed by atoms with E-state index in [1.807, 2.05) is 35.1 Å². The molecule has 2 aromatic rings. The van der Waals surface area contributed by atoms with Crippen LogP contribution in [0.2, 0.25) is 0 Å². The molecule has 1 aliphatic carbocycles. The average Bonchev–Trinajstić information content (AvgIpc) is 2.99. The lowest BCUT2D eigenvalue weighted by atomic mass is 9.82. The van der Waals surface area contributed by atoms with Gasteiger partial charge in [0.2, 0.25) is 0 Å². The van der Waals surface area contributed by atoms with Gasteiger partial charge in [-0.3, -0.25) is 4.68 Å². The molecule has 1 aromatic heterocycles.